The van der Waals surface area contributed by atoms with Gasteiger partial charge in [-0.15, -0.1) is 0 Å². The molecule has 4 rings (SSSR count). The molecule has 0 bridgehead atoms. The number of rotatable bonds is 7. The molecule has 2 amide bonds. The Morgan fingerprint density at radius 2 is 1.91 bits per heavy atom. The van der Waals surface area contributed by atoms with Crippen LogP contribution in [0.1, 0.15) is 32.6 Å². The minimum absolute atomic E-state index is 0.0177. The molecule has 32 heavy (non-hydrogen) atoms. The number of piperidine rings is 1. The van der Waals surface area contributed by atoms with E-state index >= 15 is 0 Å². The fourth-order valence-corrected chi connectivity index (χ4v) is 5.83. The molecule has 2 aliphatic heterocycles. The van der Waals surface area contributed by atoms with Crippen molar-refractivity contribution in [2.75, 3.05) is 32.0 Å². The van der Waals surface area contributed by atoms with Crippen molar-refractivity contribution in [3.63, 3.8) is 0 Å². The molecule has 8 nitrogen and oxygen atoms in total. The standard InChI is InChI=1S/C23H31N3O5S/c1-17-8-10-25(11-9-17)23(28)15-26-14-21(19-6-2-3-7-20(19)26)32(29,30)16-22(27)24-13-18-5-4-12-31-18/h2-3,6-7,14,17-18H,4-5,8-13,15-16H2,1H3,(H,24,27)/t18-/m0/s1. The van der Waals surface area contributed by atoms with Crippen LogP contribution in [0, 0.1) is 5.92 Å². The first-order valence-electron chi connectivity index (χ1n) is 11.3. The Kier molecular flexibility index (Phi) is 6.85. The number of hydrogen-bond acceptors (Lipinski definition) is 5. The number of carbonyl (C=O) groups excluding carboxylic acids is 2. The van der Waals surface area contributed by atoms with E-state index in [2.05, 4.69) is 12.2 Å². The third-order valence-corrected chi connectivity index (χ3v) is 8.04. The van der Waals surface area contributed by atoms with Gasteiger partial charge in [0.05, 0.1) is 11.0 Å². The number of sulfone groups is 1. The highest BCUT2D eigenvalue weighted by Gasteiger charge is 2.27. The number of nitrogens with zero attached hydrogens (tertiary/aromatic N) is 2. The van der Waals surface area contributed by atoms with Gasteiger partial charge in [0.2, 0.25) is 11.8 Å². The molecule has 1 aromatic carbocycles. The molecule has 2 aromatic rings. The van der Waals surface area contributed by atoms with Crippen LogP contribution in [0.4, 0.5) is 0 Å². The number of nitrogens with one attached hydrogen (secondary N) is 1. The Morgan fingerprint density at radius 3 is 2.62 bits per heavy atom. The Bertz CT molecular complexity index is 1080. The normalized spacial score (nSPS) is 20.0. The van der Waals surface area contributed by atoms with E-state index in [-0.39, 0.29) is 23.5 Å². The minimum atomic E-state index is -3.88. The molecule has 0 spiro atoms. The average Bonchev–Trinajstić information content (AvgIpc) is 3.41. The lowest BCUT2D eigenvalue weighted by atomic mass is 9.99. The molecule has 0 aliphatic carbocycles. The molecule has 9 heteroatoms. The Balaban J connectivity index is 1.49. The van der Waals surface area contributed by atoms with Crippen LogP contribution in [-0.4, -0.2) is 67.8 Å². The summed E-state index contributed by atoms with van der Waals surface area (Å²) in [5.41, 5.74) is 0.671. The molecule has 1 aromatic heterocycles. The van der Waals surface area contributed by atoms with Crippen LogP contribution in [-0.2, 0) is 30.7 Å². The summed E-state index contributed by atoms with van der Waals surface area (Å²) in [5, 5.41) is 3.20. The summed E-state index contributed by atoms with van der Waals surface area (Å²) >= 11 is 0. The lowest BCUT2D eigenvalue weighted by Crippen LogP contribution is -2.39. The van der Waals surface area contributed by atoms with Crippen molar-refractivity contribution in [3.05, 3.63) is 30.5 Å². The van der Waals surface area contributed by atoms with E-state index in [0.29, 0.717) is 30.0 Å². The highest BCUT2D eigenvalue weighted by atomic mass is 32.2. The molecule has 2 fully saturated rings. The Labute approximate surface area is 188 Å². The van der Waals surface area contributed by atoms with Gasteiger partial charge in [-0.05, 0) is 37.7 Å². The van der Waals surface area contributed by atoms with E-state index in [9.17, 15) is 18.0 Å². The number of para-hydroxylation sites is 1. The quantitative estimate of drug-likeness (QED) is 0.680. The predicted octanol–water partition coefficient (Wildman–Crippen LogP) is 1.97. The number of amides is 2. The van der Waals surface area contributed by atoms with Crippen LogP contribution >= 0.6 is 0 Å². The first-order valence-corrected chi connectivity index (χ1v) is 13.0. The third kappa shape index (κ3) is 5.15. The van der Waals surface area contributed by atoms with Crippen molar-refractivity contribution in [2.24, 2.45) is 5.92 Å². The number of carbonyl (C=O) groups is 2. The second-order valence-electron chi connectivity index (χ2n) is 8.90. The summed E-state index contributed by atoms with van der Waals surface area (Å²) in [5.74, 6) is -0.576. The van der Waals surface area contributed by atoms with Crippen LogP contribution in [0.25, 0.3) is 10.9 Å². The summed E-state index contributed by atoms with van der Waals surface area (Å²) in [7, 11) is -3.88. The summed E-state index contributed by atoms with van der Waals surface area (Å²) in [4.78, 5) is 27.1. The minimum Gasteiger partial charge on any atom is -0.376 e. The lowest BCUT2D eigenvalue weighted by Gasteiger charge is -2.30. The van der Waals surface area contributed by atoms with Gasteiger partial charge in [0.1, 0.15) is 12.3 Å². The molecular formula is C23H31N3O5S. The van der Waals surface area contributed by atoms with Crippen molar-refractivity contribution < 1.29 is 22.7 Å². The average molecular weight is 462 g/mol. The number of aromatic nitrogens is 1. The van der Waals surface area contributed by atoms with Crippen molar-refractivity contribution in [3.8, 4) is 0 Å². The summed E-state index contributed by atoms with van der Waals surface area (Å²) < 4.78 is 33.3. The van der Waals surface area contributed by atoms with Crippen molar-refractivity contribution in [2.45, 2.75) is 50.2 Å². The highest BCUT2D eigenvalue weighted by molar-refractivity contribution is 7.92. The lowest BCUT2D eigenvalue weighted by molar-refractivity contribution is -0.133. The SMILES string of the molecule is CC1CCN(C(=O)Cn2cc(S(=O)(=O)CC(=O)NC[C@@H]3CCCO3)c3ccccc32)CC1. The van der Waals surface area contributed by atoms with Gasteiger partial charge in [0.25, 0.3) is 0 Å². The zero-order valence-corrected chi connectivity index (χ0v) is 19.3. The molecule has 2 aliphatic rings. The van der Waals surface area contributed by atoms with E-state index in [4.69, 9.17) is 4.74 Å². The molecule has 1 atom stereocenters. The van der Waals surface area contributed by atoms with Gasteiger partial charge in [-0.2, -0.15) is 0 Å². The predicted molar refractivity (Wildman–Crippen MR) is 121 cm³/mol. The maximum atomic E-state index is 13.1. The molecule has 1 N–H and O–H groups in total. The molecular weight excluding hydrogens is 430 g/mol. The smallest absolute Gasteiger partial charge is 0.242 e. The van der Waals surface area contributed by atoms with Crippen LogP contribution < -0.4 is 5.32 Å². The number of hydrogen-bond donors (Lipinski definition) is 1. The second kappa shape index (κ2) is 9.62. The molecule has 2 saturated heterocycles. The fraction of sp³-hybridized carbons (Fsp3) is 0.565. The van der Waals surface area contributed by atoms with Crippen LogP contribution in [0.2, 0.25) is 0 Å². The maximum absolute atomic E-state index is 13.1. The van der Waals surface area contributed by atoms with Gasteiger partial charge >= 0.3 is 0 Å². The third-order valence-electron chi connectivity index (χ3n) is 6.40. The van der Waals surface area contributed by atoms with Gasteiger partial charge in [0.15, 0.2) is 9.84 Å². The van der Waals surface area contributed by atoms with E-state index in [1.165, 1.54) is 6.20 Å². The summed E-state index contributed by atoms with van der Waals surface area (Å²) in [6.45, 7) is 4.72. The molecule has 0 radical (unpaired) electrons. The van der Waals surface area contributed by atoms with Crippen molar-refractivity contribution in [1.29, 1.82) is 0 Å². The van der Waals surface area contributed by atoms with Gasteiger partial charge < -0.3 is 19.5 Å². The van der Waals surface area contributed by atoms with Gasteiger partial charge in [-0.25, -0.2) is 8.42 Å². The van der Waals surface area contributed by atoms with E-state index in [0.717, 1.165) is 38.8 Å². The fourth-order valence-electron chi connectivity index (χ4n) is 4.43. The zero-order chi connectivity index (χ0) is 22.7. The first-order chi connectivity index (χ1) is 15.3. The number of likely N-dealkylation sites (tertiary alicyclic amines) is 1. The first kappa shape index (κ1) is 22.8. The van der Waals surface area contributed by atoms with Gasteiger partial charge in [0, 0.05) is 43.3 Å². The maximum Gasteiger partial charge on any atom is 0.242 e. The number of fused-ring (bicyclic) bond motifs is 1. The molecule has 0 saturated carbocycles. The monoisotopic (exact) mass is 461 g/mol. The molecule has 3 heterocycles. The second-order valence-corrected chi connectivity index (χ2v) is 10.9. The van der Waals surface area contributed by atoms with E-state index in [1.54, 1.807) is 22.8 Å². The molecule has 174 valence electrons. The van der Waals surface area contributed by atoms with E-state index < -0.39 is 21.5 Å². The van der Waals surface area contributed by atoms with Gasteiger partial charge in [-0.3, -0.25) is 9.59 Å². The Morgan fingerprint density at radius 1 is 1.16 bits per heavy atom. The van der Waals surface area contributed by atoms with Crippen molar-refractivity contribution in [1.82, 2.24) is 14.8 Å². The topological polar surface area (TPSA) is 97.7 Å². The number of ether oxygens (including phenoxy) is 1. The molecule has 0 unspecified atom stereocenters. The van der Waals surface area contributed by atoms with E-state index in [1.807, 2.05) is 11.0 Å². The number of benzene rings is 1. The van der Waals surface area contributed by atoms with Crippen molar-refractivity contribution >= 4 is 32.6 Å². The highest BCUT2D eigenvalue weighted by Crippen LogP contribution is 2.27. The summed E-state index contributed by atoms with van der Waals surface area (Å²) in [6, 6.07) is 7.10. The Hall–Kier alpha value is -2.39. The van der Waals surface area contributed by atoms with Crippen LogP contribution in [0.5, 0.6) is 0 Å². The largest absolute Gasteiger partial charge is 0.376 e. The summed E-state index contributed by atoms with van der Waals surface area (Å²) in [6.07, 6.45) is 5.24. The van der Waals surface area contributed by atoms with Gasteiger partial charge in [-0.1, -0.05) is 25.1 Å². The zero-order valence-electron chi connectivity index (χ0n) is 18.5. The van der Waals surface area contributed by atoms with Crippen LogP contribution in [0.3, 0.4) is 0 Å². The van der Waals surface area contributed by atoms with Crippen LogP contribution in [0.15, 0.2) is 35.4 Å².